The monoisotopic (exact) mass is 235 g/mol. The molecule has 0 aliphatic heterocycles. The third-order valence-corrected chi connectivity index (χ3v) is 1.96. The molecule has 4 heteroatoms. The number of nitrogens with one attached hydrogen (secondary N) is 1. The minimum Gasteiger partial charge on any atom is -0.462 e. The zero-order chi connectivity index (χ0) is 12.7. The van der Waals surface area contributed by atoms with E-state index in [4.69, 9.17) is 4.74 Å². The Kier molecular flexibility index (Phi) is 5.18. The van der Waals surface area contributed by atoms with Crippen molar-refractivity contribution in [3.63, 3.8) is 0 Å². The number of ether oxygens (including phenoxy) is 1. The number of hydrogen-bond acceptors (Lipinski definition) is 3. The van der Waals surface area contributed by atoms with Crippen LogP contribution in [-0.2, 0) is 4.74 Å². The second-order valence-electron chi connectivity index (χ2n) is 3.25. The van der Waals surface area contributed by atoms with Crippen molar-refractivity contribution in [1.29, 1.82) is 0 Å². The van der Waals surface area contributed by atoms with Crippen LogP contribution in [0.4, 0.5) is 4.39 Å². The topological polar surface area (TPSA) is 38.3 Å². The quantitative estimate of drug-likeness (QED) is 0.638. The zero-order valence-electron chi connectivity index (χ0n) is 9.84. The predicted octanol–water partition coefficient (Wildman–Crippen LogP) is 1.57. The SMILES string of the molecule is CCOC(=O)c1cc(C#CCNC)ccc1F. The van der Waals surface area contributed by atoms with Gasteiger partial charge in [-0.15, -0.1) is 0 Å². The number of hydrogen-bond donors (Lipinski definition) is 1. The highest BCUT2D eigenvalue weighted by molar-refractivity contribution is 5.90. The molecule has 0 spiro atoms. The van der Waals surface area contributed by atoms with Gasteiger partial charge in [0.1, 0.15) is 5.82 Å². The van der Waals surface area contributed by atoms with E-state index < -0.39 is 11.8 Å². The first kappa shape index (κ1) is 13.2. The van der Waals surface area contributed by atoms with Gasteiger partial charge in [-0.3, -0.25) is 0 Å². The molecule has 0 radical (unpaired) electrons. The van der Waals surface area contributed by atoms with Crippen LogP contribution in [0.5, 0.6) is 0 Å². The summed E-state index contributed by atoms with van der Waals surface area (Å²) in [5.74, 6) is 4.40. The van der Waals surface area contributed by atoms with E-state index >= 15 is 0 Å². The highest BCUT2D eigenvalue weighted by Gasteiger charge is 2.12. The lowest BCUT2D eigenvalue weighted by atomic mass is 10.1. The van der Waals surface area contributed by atoms with E-state index in [2.05, 4.69) is 17.2 Å². The lowest BCUT2D eigenvalue weighted by molar-refractivity contribution is 0.0521. The average molecular weight is 235 g/mol. The molecule has 0 aliphatic rings. The molecule has 0 amide bonds. The van der Waals surface area contributed by atoms with Crippen LogP contribution in [-0.4, -0.2) is 26.2 Å². The fraction of sp³-hybridized carbons (Fsp3) is 0.308. The molecule has 0 aromatic heterocycles. The normalized spacial score (nSPS) is 9.35. The summed E-state index contributed by atoms with van der Waals surface area (Å²) in [4.78, 5) is 11.4. The number of halogens is 1. The second kappa shape index (κ2) is 6.66. The standard InChI is InChI=1S/C13H14FNO2/c1-3-17-13(16)11-9-10(5-4-8-15-2)6-7-12(11)14/h6-7,9,15H,3,8H2,1-2H3. The molecule has 0 aliphatic carbocycles. The van der Waals surface area contributed by atoms with Crippen molar-refractivity contribution in [1.82, 2.24) is 5.32 Å². The van der Waals surface area contributed by atoms with Gasteiger partial charge in [0.15, 0.2) is 0 Å². The fourth-order valence-electron chi connectivity index (χ4n) is 1.20. The number of benzene rings is 1. The van der Waals surface area contributed by atoms with Crippen molar-refractivity contribution in [2.45, 2.75) is 6.92 Å². The van der Waals surface area contributed by atoms with Gasteiger partial charge >= 0.3 is 5.97 Å². The van der Waals surface area contributed by atoms with E-state index in [1.807, 2.05) is 0 Å². The molecule has 0 saturated carbocycles. The van der Waals surface area contributed by atoms with E-state index in [-0.39, 0.29) is 12.2 Å². The van der Waals surface area contributed by atoms with E-state index in [1.165, 1.54) is 18.2 Å². The summed E-state index contributed by atoms with van der Waals surface area (Å²) < 4.78 is 18.1. The van der Waals surface area contributed by atoms with Crippen LogP contribution in [0.1, 0.15) is 22.8 Å². The summed E-state index contributed by atoms with van der Waals surface area (Å²) in [5.41, 5.74) is 0.507. The van der Waals surface area contributed by atoms with Gasteiger partial charge in [-0.25, -0.2) is 9.18 Å². The molecular formula is C13H14FNO2. The van der Waals surface area contributed by atoms with Crippen LogP contribution in [0.2, 0.25) is 0 Å². The molecule has 0 fully saturated rings. The van der Waals surface area contributed by atoms with Gasteiger partial charge in [0.2, 0.25) is 0 Å². The van der Waals surface area contributed by atoms with Crippen LogP contribution in [0, 0.1) is 17.7 Å². The second-order valence-corrected chi connectivity index (χ2v) is 3.25. The van der Waals surface area contributed by atoms with Crippen molar-refractivity contribution in [2.75, 3.05) is 20.2 Å². The predicted molar refractivity (Wildman–Crippen MR) is 63.2 cm³/mol. The molecule has 1 N–H and O–H groups in total. The Balaban J connectivity index is 2.95. The van der Waals surface area contributed by atoms with E-state index in [0.29, 0.717) is 12.1 Å². The van der Waals surface area contributed by atoms with Gasteiger partial charge in [-0.2, -0.15) is 0 Å². The van der Waals surface area contributed by atoms with Crippen LogP contribution in [0.15, 0.2) is 18.2 Å². The molecule has 90 valence electrons. The number of carbonyl (C=O) groups excluding carboxylic acids is 1. The molecule has 0 atom stereocenters. The van der Waals surface area contributed by atoms with Crippen LogP contribution < -0.4 is 5.32 Å². The molecular weight excluding hydrogens is 221 g/mol. The van der Waals surface area contributed by atoms with Gasteiger partial charge < -0.3 is 10.1 Å². The average Bonchev–Trinajstić information content (AvgIpc) is 2.32. The summed E-state index contributed by atoms with van der Waals surface area (Å²) in [5, 5.41) is 2.87. The van der Waals surface area contributed by atoms with Crippen molar-refractivity contribution in [3.8, 4) is 11.8 Å². The van der Waals surface area contributed by atoms with Crippen molar-refractivity contribution >= 4 is 5.97 Å². The maximum atomic E-state index is 13.4. The van der Waals surface area contributed by atoms with E-state index in [0.717, 1.165) is 0 Å². The first-order valence-electron chi connectivity index (χ1n) is 5.29. The summed E-state index contributed by atoms with van der Waals surface area (Å²) in [6.45, 7) is 2.42. The van der Waals surface area contributed by atoms with Gasteiger partial charge in [0, 0.05) is 5.56 Å². The molecule has 0 heterocycles. The molecule has 3 nitrogen and oxygen atoms in total. The lowest BCUT2D eigenvalue weighted by Crippen LogP contribution is -2.07. The summed E-state index contributed by atoms with van der Waals surface area (Å²) in [6, 6.07) is 4.15. The Hall–Kier alpha value is -1.86. The van der Waals surface area contributed by atoms with Crippen LogP contribution >= 0.6 is 0 Å². The Labute approximate surface area is 100.0 Å². The first-order valence-corrected chi connectivity index (χ1v) is 5.29. The summed E-state index contributed by atoms with van der Waals surface area (Å²) >= 11 is 0. The third-order valence-electron chi connectivity index (χ3n) is 1.96. The van der Waals surface area contributed by atoms with Crippen molar-refractivity contribution < 1.29 is 13.9 Å². The Morgan fingerprint density at radius 3 is 2.94 bits per heavy atom. The maximum Gasteiger partial charge on any atom is 0.341 e. The first-order chi connectivity index (χ1) is 8.19. The molecule has 1 aromatic carbocycles. The fourth-order valence-corrected chi connectivity index (χ4v) is 1.20. The number of carbonyl (C=O) groups is 1. The summed E-state index contributed by atoms with van der Waals surface area (Å²) in [6.07, 6.45) is 0. The highest BCUT2D eigenvalue weighted by atomic mass is 19.1. The number of esters is 1. The van der Waals surface area contributed by atoms with Gasteiger partial charge in [0.05, 0.1) is 18.7 Å². The Bertz CT molecular complexity index is 460. The maximum absolute atomic E-state index is 13.4. The van der Waals surface area contributed by atoms with E-state index in [9.17, 15) is 9.18 Å². The van der Waals surface area contributed by atoms with Crippen molar-refractivity contribution in [2.24, 2.45) is 0 Å². The molecule has 17 heavy (non-hydrogen) atoms. The molecule has 0 unspecified atom stereocenters. The Morgan fingerprint density at radius 1 is 1.53 bits per heavy atom. The number of rotatable bonds is 3. The molecule has 0 bridgehead atoms. The van der Waals surface area contributed by atoms with Gasteiger partial charge in [0.25, 0.3) is 0 Å². The molecule has 0 saturated heterocycles. The van der Waals surface area contributed by atoms with Crippen LogP contribution in [0.25, 0.3) is 0 Å². The molecule has 1 rings (SSSR count). The largest absolute Gasteiger partial charge is 0.462 e. The highest BCUT2D eigenvalue weighted by Crippen LogP contribution is 2.11. The van der Waals surface area contributed by atoms with Crippen molar-refractivity contribution in [3.05, 3.63) is 35.1 Å². The lowest BCUT2D eigenvalue weighted by Gasteiger charge is -2.03. The molecule has 1 aromatic rings. The van der Waals surface area contributed by atoms with Crippen LogP contribution in [0.3, 0.4) is 0 Å². The Morgan fingerprint density at radius 2 is 2.29 bits per heavy atom. The minimum absolute atomic E-state index is 0.0805. The van der Waals surface area contributed by atoms with Gasteiger partial charge in [-0.05, 0) is 32.2 Å². The summed E-state index contributed by atoms with van der Waals surface area (Å²) in [7, 11) is 1.78. The minimum atomic E-state index is -0.665. The third kappa shape index (κ3) is 3.89. The van der Waals surface area contributed by atoms with E-state index in [1.54, 1.807) is 14.0 Å². The smallest absolute Gasteiger partial charge is 0.341 e. The van der Waals surface area contributed by atoms with Gasteiger partial charge in [-0.1, -0.05) is 11.8 Å². The zero-order valence-corrected chi connectivity index (χ0v) is 9.84.